The van der Waals surface area contributed by atoms with Crippen molar-refractivity contribution < 1.29 is 4.79 Å². The second kappa shape index (κ2) is 4.80. The lowest BCUT2D eigenvalue weighted by Crippen LogP contribution is -1.96. The number of Topliss-reactive ketones (excluding diaryl/α,β-unsaturated/α-hetero) is 1. The van der Waals surface area contributed by atoms with Crippen molar-refractivity contribution in [3.63, 3.8) is 0 Å². The summed E-state index contributed by atoms with van der Waals surface area (Å²) in [6, 6.07) is 6.10. The van der Waals surface area contributed by atoms with Crippen LogP contribution in [-0.2, 0) is 17.6 Å². The molecule has 0 saturated carbocycles. The molecule has 15 heavy (non-hydrogen) atoms. The molecule has 0 amide bonds. The third-order valence-electron chi connectivity index (χ3n) is 2.97. The minimum absolute atomic E-state index is 0.411. The number of carbonyl (C=O) groups excluding carboxylic acids is 1. The summed E-state index contributed by atoms with van der Waals surface area (Å²) in [5.41, 5.74) is 2.70. The van der Waals surface area contributed by atoms with Gasteiger partial charge in [0.1, 0.15) is 5.78 Å². The number of rotatable bonds is 0. The minimum Gasteiger partial charge on any atom is -0.300 e. The SMILES string of the molecule is O=C1CCCc2ccc(Cl)cc2CCC1. The Morgan fingerprint density at radius 1 is 0.933 bits per heavy atom. The Hall–Kier alpha value is -0.820. The molecule has 0 saturated heterocycles. The van der Waals surface area contributed by atoms with Gasteiger partial charge in [-0.2, -0.15) is 0 Å². The van der Waals surface area contributed by atoms with Gasteiger partial charge >= 0.3 is 0 Å². The van der Waals surface area contributed by atoms with E-state index < -0.39 is 0 Å². The van der Waals surface area contributed by atoms with E-state index >= 15 is 0 Å². The Kier molecular flexibility index (Phi) is 3.42. The van der Waals surface area contributed by atoms with Crippen LogP contribution in [0.15, 0.2) is 18.2 Å². The molecular formula is C13H15ClO. The van der Waals surface area contributed by atoms with E-state index in [2.05, 4.69) is 6.07 Å². The number of hydrogen-bond donors (Lipinski definition) is 0. The highest BCUT2D eigenvalue weighted by molar-refractivity contribution is 6.30. The van der Waals surface area contributed by atoms with Gasteiger partial charge in [0.15, 0.2) is 0 Å². The maximum atomic E-state index is 11.4. The molecule has 1 aliphatic rings. The topological polar surface area (TPSA) is 17.1 Å². The fraction of sp³-hybridized carbons (Fsp3) is 0.462. The maximum absolute atomic E-state index is 11.4. The van der Waals surface area contributed by atoms with Crippen molar-refractivity contribution in [1.82, 2.24) is 0 Å². The van der Waals surface area contributed by atoms with Crippen molar-refractivity contribution in [2.24, 2.45) is 0 Å². The summed E-state index contributed by atoms with van der Waals surface area (Å²) in [5, 5.41) is 0.805. The van der Waals surface area contributed by atoms with E-state index in [4.69, 9.17) is 11.6 Å². The van der Waals surface area contributed by atoms with Crippen LogP contribution in [0.25, 0.3) is 0 Å². The van der Waals surface area contributed by atoms with Gasteiger partial charge in [0.05, 0.1) is 0 Å². The predicted octanol–water partition coefficient (Wildman–Crippen LogP) is 3.57. The van der Waals surface area contributed by atoms with Gasteiger partial charge in [-0.05, 0) is 48.9 Å². The molecule has 0 bridgehead atoms. The lowest BCUT2D eigenvalue weighted by Gasteiger charge is -2.07. The largest absolute Gasteiger partial charge is 0.300 e. The van der Waals surface area contributed by atoms with E-state index in [0.29, 0.717) is 5.78 Å². The monoisotopic (exact) mass is 222 g/mol. The summed E-state index contributed by atoms with van der Waals surface area (Å²) < 4.78 is 0. The summed E-state index contributed by atoms with van der Waals surface area (Å²) in [4.78, 5) is 11.4. The molecule has 0 aliphatic heterocycles. The molecule has 0 radical (unpaired) electrons. The van der Waals surface area contributed by atoms with E-state index in [9.17, 15) is 4.79 Å². The molecule has 0 N–H and O–H groups in total. The molecule has 1 aliphatic carbocycles. The number of halogens is 1. The molecule has 0 spiro atoms. The lowest BCUT2D eigenvalue weighted by molar-refractivity contribution is -0.119. The van der Waals surface area contributed by atoms with Crippen LogP contribution in [-0.4, -0.2) is 5.78 Å². The quantitative estimate of drug-likeness (QED) is 0.656. The molecule has 0 heterocycles. The van der Waals surface area contributed by atoms with Crippen molar-refractivity contribution in [3.8, 4) is 0 Å². The van der Waals surface area contributed by atoms with Crippen molar-refractivity contribution in [1.29, 1.82) is 0 Å². The molecule has 1 nitrogen and oxygen atoms in total. The Bertz CT molecular complexity index is 371. The molecule has 0 fully saturated rings. The van der Waals surface area contributed by atoms with Crippen molar-refractivity contribution >= 4 is 17.4 Å². The number of ketones is 1. The van der Waals surface area contributed by atoms with Gasteiger partial charge < -0.3 is 0 Å². The smallest absolute Gasteiger partial charge is 0.132 e. The van der Waals surface area contributed by atoms with E-state index in [0.717, 1.165) is 43.5 Å². The average molecular weight is 223 g/mol. The summed E-state index contributed by atoms with van der Waals surface area (Å²) in [5.74, 6) is 0.411. The second-order valence-electron chi connectivity index (χ2n) is 4.16. The van der Waals surface area contributed by atoms with E-state index in [1.165, 1.54) is 11.1 Å². The highest BCUT2D eigenvalue weighted by Crippen LogP contribution is 2.21. The number of benzene rings is 1. The number of fused-ring (bicyclic) bond motifs is 1. The molecule has 1 aromatic carbocycles. The Balaban J connectivity index is 2.22. The first kappa shape index (κ1) is 10.7. The van der Waals surface area contributed by atoms with Crippen LogP contribution < -0.4 is 0 Å². The predicted molar refractivity (Wildman–Crippen MR) is 62.3 cm³/mol. The first-order chi connectivity index (χ1) is 7.25. The third kappa shape index (κ3) is 2.82. The first-order valence-electron chi connectivity index (χ1n) is 5.55. The number of hydrogen-bond acceptors (Lipinski definition) is 1. The minimum atomic E-state index is 0.411. The number of aryl methyl sites for hydroxylation is 2. The first-order valence-corrected chi connectivity index (χ1v) is 5.92. The second-order valence-corrected chi connectivity index (χ2v) is 4.60. The normalized spacial score (nSPS) is 17.5. The molecule has 2 heteroatoms. The van der Waals surface area contributed by atoms with Crippen molar-refractivity contribution in [3.05, 3.63) is 34.3 Å². The van der Waals surface area contributed by atoms with Crippen LogP contribution in [0.3, 0.4) is 0 Å². The third-order valence-corrected chi connectivity index (χ3v) is 3.21. The summed E-state index contributed by atoms with van der Waals surface area (Å²) in [7, 11) is 0. The van der Waals surface area contributed by atoms with Gasteiger partial charge in [-0.15, -0.1) is 0 Å². The Labute approximate surface area is 95.4 Å². The zero-order chi connectivity index (χ0) is 10.7. The van der Waals surface area contributed by atoms with Crippen molar-refractivity contribution in [2.45, 2.75) is 38.5 Å². The fourth-order valence-corrected chi connectivity index (χ4v) is 2.34. The lowest BCUT2D eigenvalue weighted by atomic mass is 10.00. The van der Waals surface area contributed by atoms with Crippen LogP contribution in [0.1, 0.15) is 36.8 Å². The summed E-state index contributed by atoms with van der Waals surface area (Å²) >= 11 is 5.97. The van der Waals surface area contributed by atoms with E-state index in [1.54, 1.807) is 0 Å². The van der Waals surface area contributed by atoms with Gasteiger partial charge in [-0.25, -0.2) is 0 Å². The molecule has 0 atom stereocenters. The molecule has 0 unspecified atom stereocenters. The highest BCUT2D eigenvalue weighted by Gasteiger charge is 2.10. The van der Waals surface area contributed by atoms with Crippen LogP contribution in [0.5, 0.6) is 0 Å². The zero-order valence-electron chi connectivity index (χ0n) is 8.76. The van der Waals surface area contributed by atoms with Crippen LogP contribution in [0.2, 0.25) is 5.02 Å². The van der Waals surface area contributed by atoms with Crippen LogP contribution >= 0.6 is 11.6 Å². The molecule has 80 valence electrons. The molecule has 2 rings (SSSR count). The van der Waals surface area contributed by atoms with Crippen LogP contribution in [0.4, 0.5) is 0 Å². The van der Waals surface area contributed by atoms with E-state index in [-0.39, 0.29) is 0 Å². The number of carbonyl (C=O) groups is 1. The Morgan fingerprint density at radius 3 is 2.33 bits per heavy atom. The van der Waals surface area contributed by atoms with Gasteiger partial charge in [-0.3, -0.25) is 4.79 Å². The van der Waals surface area contributed by atoms with Gasteiger partial charge in [-0.1, -0.05) is 17.7 Å². The zero-order valence-corrected chi connectivity index (χ0v) is 9.52. The molecular weight excluding hydrogens is 208 g/mol. The molecule has 1 aromatic rings. The standard InChI is InChI=1S/C13H15ClO/c14-12-8-7-10-3-1-5-13(15)6-2-4-11(10)9-12/h7-9H,1-6H2. The van der Waals surface area contributed by atoms with E-state index in [1.807, 2.05) is 12.1 Å². The van der Waals surface area contributed by atoms with Gasteiger partial charge in [0.25, 0.3) is 0 Å². The highest BCUT2D eigenvalue weighted by atomic mass is 35.5. The van der Waals surface area contributed by atoms with Gasteiger partial charge in [0.2, 0.25) is 0 Å². The molecule has 0 aromatic heterocycles. The average Bonchev–Trinajstić information content (AvgIpc) is 2.28. The summed E-state index contributed by atoms with van der Waals surface area (Å²) in [6.45, 7) is 0. The van der Waals surface area contributed by atoms with Gasteiger partial charge in [0, 0.05) is 17.9 Å². The van der Waals surface area contributed by atoms with Crippen LogP contribution in [0, 0.1) is 0 Å². The maximum Gasteiger partial charge on any atom is 0.132 e. The van der Waals surface area contributed by atoms with Crippen molar-refractivity contribution in [2.75, 3.05) is 0 Å². The Morgan fingerprint density at radius 2 is 1.60 bits per heavy atom. The fourth-order valence-electron chi connectivity index (χ4n) is 2.15. The summed E-state index contributed by atoms with van der Waals surface area (Å²) in [6.07, 6.45) is 5.41.